The highest BCUT2D eigenvalue weighted by atomic mass is 79.9. The lowest BCUT2D eigenvalue weighted by molar-refractivity contribution is -0.173. The standard InChI is InChI=1S/C11H6BrF3O2/c12-6-1-2-7-5(3-6)4-8(9(7)16)10(17)11(13,14)15/h1-3,8H,4H2. The van der Waals surface area contributed by atoms with E-state index in [4.69, 9.17) is 0 Å². The molecule has 1 aromatic carbocycles. The molecule has 0 heterocycles. The van der Waals surface area contributed by atoms with Crippen LogP contribution < -0.4 is 0 Å². The molecule has 1 unspecified atom stereocenters. The van der Waals surface area contributed by atoms with E-state index in [1.165, 1.54) is 6.07 Å². The first-order valence-electron chi connectivity index (χ1n) is 4.74. The zero-order valence-electron chi connectivity index (χ0n) is 8.34. The fourth-order valence-electron chi connectivity index (χ4n) is 1.88. The maximum atomic E-state index is 12.3. The van der Waals surface area contributed by atoms with Gasteiger partial charge < -0.3 is 0 Å². The molecule has 0 saturated heterocycles. The molecule has 0 N–H and O–H groups in total. The van der Waals surface area contributed by atoms with E-state index < -0.39 is 23.7 Å². The Morgan fingerprint density at radius 1 is 1.35 bits per heavy atom. The normalized spacial score (nSPS) is 19.3. The van der Waals surface area contributed by atoms with Crippen molar-refractivity contribution in [2.75, 3.05) is 0 Å². The van der Waals surface area contributed by atoms with Gasteiger partial charge in [-0.05, 0) is 30.2 Å². The number of ketones is 2. The van der Waals surface area contributed by atoms with Crippen LogP contribution in [0.15, 0.2) is 22.7 Å². The molecule has 0 amide bonds. The van der Waals surface area contributed by atoms with Crippen molar-refractivity contribution in [3.8, 4) is 0 Å². The molecule has 0 radical (unpaired) electrons. The number of rotatable bonds is 1. The minimum absolute atomic E-state index is 0.175. The quantitative estimate of drug-likeness (QED) is 0.748. The Kier molecular flexibility index (Phi) is 2.85. The molecule has 1 aromatic rings. The molecule has 0 aromatic heterocycles. The summed E-state index contributed by atoms with van der Waals surface area (Å²) in [5, 5.41) is 0. The van der Waals surface area contributed by atoms with Gasteiger partial charge in [0.05, 0.1) is 5.92 Å². The van der Waals surface area contributed by atoms with Crippen molar-refractivity contribution in [2.24, 2.45) is 5.92 Å². The molecule has 1 atom stereocenters. The molecule has 2 nitrogen and oxygen atoms in total. The van der Waals surface area contributed by atoms with Gasteiger partial charge in [-0.2, -0.15) is 13.2 Å². The van der Waals surface area contributed by atoms with Gasteiger partial charge >= 0.3 is 6.18 Å². The third-order valence-corrected chi connectivity index (χ3v) is 3.16. The monoisotopic (exact) mass is 306 g/mol. The Hall–Kier alpha value is -1.17. The lowest BCUT2D eigenvalue weighted by Gasteiger charge is -2.09. The number of alkyl halides is 3. The van der Waals surface area contributed by atoms with Crippen molar-refractivity contribution < 1.29 is 22.8 Å². The van der Waals surface area contributed by atoms with Gasteiger partial charge in [0.1, 0.15) is 0 Å². The van der Waals surface area contributed by atoms with Crippen molar-refractivity contribution in [3.63, 3.8) is 0 Å². The molecule has 90 valence electrons. The van der Waals surface area contributed by atoms with Gasteiger partial charge in [0, 0.05) is 10.0 Å². The van der Waals surface area contributed by atoms with Crippen LogP contribution >= 0.6 is 15.9 Å². The maximum Gasteiger partial charge on any atom is 0.450 e. The molecule has 0 saturated carbocycles. The Balaban J connectivity index is 2.35. The van der Waals surface area contributed by atoms with E-state index in [-0.39, 0.29) is 12.0 Å². The highest BCUT2D eigenvalue weighted by Crippen LogP contribution is 2.33. The summed E-state index contributed by atoms with van der Waals surface area (Å²) in [7, 11) is 0. The number of benzene rings is 1. The SMILES string of the molecule is O=C1c2ccc(Br)cc2CC1C(=O)C(F)(F)F. The van der Waals surface area contributed by atoms with Crippen LogP contribution in [0.25, 0.3) is 0 Å². The van der Waals surface area contributed by atoms with Gasteiger partial charge in [0.15, 0.2) is 5.78 Å². The van der Waals surface area contributed by atoms with Crippen LogP contribution in [-0.4, -0.2) is 17.7 Å². The number of carbonyl (C=O) groups is 2. The predicted octanol–water partition coefficient (Wildman–Crippen LogP) is 2.94. The first-order valence-corrected chi connectivity index (χ1v) is 5.53. The third-order valence-electron chi connectivity index (χ3n) is 2.67. The third kappa shape index (κ3) is 2.13. The van der Waals surface area contributed by atoms with E-state index in [1.807, 2.05) is 0 Å². The molecule has 0 spiro atoms. The van der Waals surface area contributed by atoms with Crippen molar-refractivity contribution in [1.82, 2.24) is 0 Å². The smallest absolute Gasteiger partial charge is 0.293 e. The Morgan fingerprint density at radius 2 is 2.00 bits per heavy atom. The second-order valence-electron chi connectivity index (χ2n) is 3.78. The summed E-state index contributed by atoms with van der Waals surface area (Å²) in [5.41, 5.74) is 0.683. The van der Waals surface area contributed by atoms with Crippen molar-refractivity contribution in [3.05, 3.63) is 33.8 Å². The van der Waals surface area contributed by atoms with Crippen molar-refractivity contribution in [1.29, 1.82) is 0 Å². The second kappa shape index (κ2) is 3.94. The lowest BCUT2D eigenvalue weighted by Crippen LogP contribution is -2.33. The van der Waals surface area contributed by atoms with Gasteiger partial charge in [0.25, 0.3) is 0 Å². The molecule has 1 aliphatic rings. The summed E-state index contributed by atoms with van der Waals surface area (Å²) in [6.45, 7) is 0. The predicted molar refractivity (Wildman–Crippen MR) is 56.7 cm³/mol. The first kappa shape index (κ1) is 12.3. The summed E-state index contributed by atoms with van der Waals surface area (Å²) in [4.78, 5) is 22.7. The molecule has 6 heteroatoms. The van der Waals surface area contributed by atoms with Crippen LogP contribution in [-0.2, 0) is 11.2 Å². The van der Waals surface area contributed by atoms with Crippen LogP contribution in [0.3, 0.4) is 0 Å². The zero-order chi connectivity index (χ0) is 12.8. The number of halogens is 4. The first-order chi connectivity index (χ1) is 7.80. The van der Waals surface area contributed by atoms with Crippen LogP contribution in [0.5, 0.6) is 0 Å². The van der Waals surface area contributed by atoms with E-state index >= 15 is 0 Å². The zero-order valence-corrected chi connectivity index (χ0v) is 9.93. The van der Waals surface area contributed by atoms with Crippen LogP contribution in [0.1, 0.15) is 15.9 Å². The number of carbonyl (C=O) groups excluding carboxylic acids is 2. The molecule has 1 aliphatic carbocycles. The summed E-state index contributed by atoms with van der Waals surface area (Å²) in [6, 6.07) is 4.57. The summed E-state index contributed by atoms with van der Waals surface area (Å²) < 4.78 is 37.5. The van der Waals surface area contributed by atoms with Gasteiger partial charge in [-0.25, -0.2) is 0 Å². The van der Waals surface area contributed by atoms with E-state index in [1.54, 1.807) is 12.1 Å². The minimum Gasteiger partial charge on any atom is -0.293 e. The van der Waals surface area contributed by atoms with Gasteiger partial charge in [0.2, 0.25) is 5.78 Å². The molecule has 0 fully saturated rings. The largest absolute Gasteiger partial charge is 0.450 e. The second-order valence-corrected chi connectivity index (χ2v) is 4.70. The van der Waals surface area contributed by atoms with Crippen molar-refractivity contribution >= 4 is 27.5 Å². The van der Waals surface area contributed by atoms with Gasteiger partial charge in [-0.15, -0.1) is 0 Å². The lowest BCUT2D eigenvalue weighted by atomic mass is 9.99. The maximum absolute atomic E-state index is 12.3. The number of hydrogen-bond acceptors (Lipinski definition) is 2. The summed E-state index contributed by atoms with van der Waals surface area (Å²) in [5.74, 6) is -4.32. The summed E-state index contributed by atoms with van der Waals surface area (Å²) in [6.07, 6.45) is -5.13. The van der Waals surface area contributed by atoms with Crippen LogP contribution in [0, 0.1) is 5.92 Å². The van der Waals surface area contributed by atoms with E-state index in [9.17, 15) is 22.8 Å². The Labute approximate surface area is 103 Å². The Morgan fingerprint density at radius 3 is 2.59 bits per heavy atom. The van der Waals surface area contributed by atoms with Crippen molar-refractivity contribution in [2.45, 2.75) is 12.6 Å². The average molecular weight is 307 g/mol. The fraction of sp³-hybridized carbons (Fsp3) is 0.273. The van der Waals surface area contributed by atoms with E-state index in [0.29, 0.717) is 10.0 Å². The van der Waals surface area contributed by atoms with Gasteiger partial charge in [-0.1, -0.05) is 15.9 Å². The van der Waals surface area contributed by atoms with Crippen LogP contribution in [0.4, 0.5) is 13.2 Å². The molecule has 2 rings (SSSR count). The molecule has 17 heavy (non-hydrogen) atoms. The minimum atomic E-state index is -4.96. The summed E-state index contributed by atoms with van der Waals surface area (Å²) >= 11 is 3.16. The van der Waals surface area contributed by atoms with E-state index in [2.05, 4.69) is 15.9 Å². The average Bonchev–Trinajstić information content (AvgIpc) is 2.53. The molecular formula is C11H6BrF3O2. The van der Waals surface area contributed by atoms with E-state index in [0.717, 1.165) is 0 Å². The number of fused-ring (bicyclic) bond motifs is 1. The number of hydrogen-bond donors (Lipinski definition) is 0. The molecule has 0 bridgehead atoms. The topological polar surface area (TPSA) is 34.1 Å². The highest BCUT2D eigenvalue weighted by Gasteiger charge is 2.48. The Bertz CT molecular complexity index is 508. The van der Waals surface area contributed by atoms with Gasteiger partial charge in [-0.3, -0.25) is 9.59 Å². The molecular weight excluding hydrogens is 301 g/mol. The fourth-order valence-corrected chi connectivity index (χ4v) is 2.29. The molecule has 0 aliphatic heterocycles. The number of Topliss-reactive ketones (excluding diaryl/α,β-unsaturated/α-hetero) is 2. The van der Waals surface area contributed by atoms with Crippen LogP contribution in [0.2, 0.25) is 0 Å². The highest BCUT2D eigenvalue weighted by molar-refractivity contribution is 9.10.